The standard InChI is InChI=1S/C20H20N4OS/c1-24-10-14-6-13(9-21-19(14)23-24)18-8-16(12-4-3-5-12)17-7-15(11-25-2)26-20(17)22-18/h6-10,12H,3-5,11H2,1-2H3. The van der Waals surface area contributed by atoms with Gasteiger partial charge >= 0.3 is 0 Å². The molecule has 0 unspecified atom stereocenters. The van der Waals surface area contributed by atoms with Gasteiger partial charge in [0.15, 0.2) is 5.65 Å². The molecule has 4 aromatic rings. The van der Waals surface area contributed by atoms with Crippen LogP contribution in [-0.2, 0) is 18.4 Å². The van der Waals surface area contributed by atoms with Gasteiger partial charge < -0.3 is 4.74 Å². The van der Waals surface area contributed by atoms with Gasteiger partial charge in [-0.05, 0) is 42.5 Å². The van der Waals surface area contributed by atoms with Gasteiger partial charge in [0, 0.05) is 47.8 Å². The van der Waals surface area contributed by atoms with Gasteiger partial charge in [0.25, 0.3) is 0 Å². The van der Waals surface area contributed by atoms with Crippen LogP contribution in [0.15, 0.2) is 30.6 Å². The molecule has 5 nitrogen and oxygen atoms in total. The van der Waals surface area contributed by atoms with E-state index in [-0.39, 0.29) is 0 Å². The lowest BCUT2D eigenvalue weighted by atomic mass is 9.79. The first kappa shape index (κ1) is 15.9. The van der Waals surface area contributed by atoms with Crippen LogP contribution in [0.5, 0.6) is 0 Å². The van der Waals surface area contributed by atoms with E-state index in [1.54, 1.807) is 23.1 Å². The summed E-state index contributed by atoms with van der Waals surface area (Å²) in [5, 5.41) is 6.71. The van der Waals surface area contributed by atoms with Crippen molar-refractivity contribution < 1.29 is 4.74 Å². The van der Waals surface area contributed by atoms with Crippen molar-refractivity contribution in [1.29, 1.82) is 0 Å². The first-order valence-electron chi connectivity index (χ1n) is 8.93. The van der Waals surface area contributed by atoms with E-state index in [2.05, 4.69) is 28.3 Å². The molecule has 0 atom stereocenters. The van der Waals surface area contributed by atoms with E-state index in [1.165, 1.54) is 35.1 Å². The van der Waals surface area contributed by atoms with E-state index in [0.717, 1.165) is 27.1 Å². The summed E-state index contributed by atoms with van der Waals surface area (Å²) in [6.45, 7) is 0.643. The van der Waals surface area contributed by atoms with Crippen molar-refractivity contribution in [1.82, 2.24) is 19.7 Å². The lowest BCUT2D eigenvalue weighted by Gasteiger charge is -2.26. The van der Waals surface area contributed by atoms with Crippen molar-refractivity contribution in [2.75, 3.05) is 7.11 Å². The van der Waals surface area contributed by atoms with Crippen molar-refractivity contribution in [3.8, 4) is 11.3 Å². The fourth-order valence-electron chi connectivity index (χ4n) is 3.68. The van der Waals surface area contributed by atoms with E-state index >= 15 is 0 Å². The van der Waals surface area contributed by atoms with E-state index in [0.29, 0.717) is 12.5 Å². The van der Waals surface area contributed by atoms with Crippen LogP contribution in [0.4, 0.5) is 0 Å². The topological polar surface area (TPSA) is 52.8 Å². The quantitative estimate of drug-likeness (QED) is 0.528. The van der Waals surface area contributed by atoms with Gasteiger partial charge in [0.1, 0.15) is 4.83 Å². The summed E-state index contributed by atoms with van der Waals surface area (Å²) >= 11 is 1.73. The fraction of sp³-hybridized carbons (Fsp3) is 0.350. The summed E-state index contributed by atoms with van der Waals surface area (Å²) in [4.78, 5) is 11.8. The maximum absolute atomic E-state index is 5.33. The predicted octanol–water partition coefficient (Wildman–Crippen LogP) is 4.66. The summed E-state index contributed by atoms with van der Waals surface area (Å²) in [6.07, 6.45) is 7.75. The molecular formula is C20H20N4OS. The second-order valence-corrected chi connectivity index (χ2v) is 8.14. The Bertz CT molecular complexity index is 1110. The number of hydrogen-bond acceptors (Lipinski definition) is 5. The van der Waals surface area contributed by atoms with E-state index in [1.807, 2.05) is 19.4 Å². The number of hydrogen-bond donors (Lipinski definition) is 0. The van der Waals surface area contributed by atoms with Crippen molar-refractivity contribution in [3.05, 3.63) is 41.0 Å². The maximum Gasteiger partial charge on any atom is 0.181 e. The van der Waals surface area contributed by atoms with E-state index < -0.39 is 0 Å². The number of methoxy groups -OCH3 is 1. The van der Waals surface area contributed by atoms with Crippen LogP contribution in [-0.4, -0.2) is 26.9 Å². The van der Waals surface area contributed by atoms with Gasteiger partial charge in [-0.25, -0.2) is 9.97 Å². The first-order chi connectivity index (χ1) is 12.7. The molecule has 1 fully saturated rings. The monoisotopic (exact) mass is 364 g/mol. The first-order valence-corrected chi connectivity index (χ1v) is 9.75. The van der Waals surface area contributed by atoms with Crippen LogP contribution in [0.1, 0.15) is 35.6 Å². The molecule has 6 heteroatoms. The molecule has 0 amide bonds. The molecule has 1 aliphatic rings. The fourth-order valence-corrected chi connectivity index (χ4v) is 4.71. The predicted molar refractivity (Wildman–Crippen MR) is 104 cm³/mol. The number of thiophene rings is 1. The van der Waals surface area contributed by atoms with Crippen LogP contribution >= 0.6 is 11.3 Å². The molecule has 0 spiro atoms. The average molecular weight is 364 g/mol. The Hall–Kier alpha value is -2.31. The minimum atomic E-state index is 0.643. The van der Waals surface area contributed by atoms with Crippen molar-refractivity contribution >= 4 is 32.6 Å². The molecule has 5 rings (SSSR count). The zero-order chi connectivity index (χ0) is 17.7. The number of ether oxygens (including phenoxy) is 1. The van der Waals surface area contributed by atoms with Crippen LogP contribution < -0.4 is 0 Å². The SMILES string of the molecule is COCc1cc2c(C3CCC3)cc(-c3cnc4nn(C)cc4c3)nc2s1. The number of rotatable bonds is 4. The minimum Gasteiger partial charge on any atom is -0.379 e. The van der Waals surface area contributed by atoms with Gasteiger partial charge in [-0.1, -0.05) is 6.42 Å². The number of fused-ring (bicyclic) bond motifs is 2. The van der Waals surface area contributed by atoms with Crippen LogP contribution in [0.25, 0.3) is 32.5 Å². The molecule has 0 radical (unpaired) electrons. The van der Waals surface area contributed by atoms with E-state index in [9.17, 15) is 0 Å². The molecule has 1 saturated carbocycles. The molecule has 0 bridgehead atoms. The number of aryl methyl sites for hydroxylation is 1. The summed E-state index contributed by atoms with van der Waals surface area (Å²) in [5.41, 5.74) is 4.26. The Balaban J connectivity index is 1.68. The number of nitrogens with zero attached hydrogens (tertiary/aromatic N) is 4. The Kier molecular flexibility index (Phi) is 3.76. The normalized spacial score (nSPS) is 15.0. The minimum absolute atomic E-state index is 0.643. The third-order valence-corrected chi connectivity index (χ3v) is 6.19. The van der Waals surface area contributed by atoms with E-state index in [4.69, 9.17) is 9.72 Å². The summed E-state index contributed by atoms with van der Waals surface area (Å²) < 4.78 is 7.13. The molecule has 132 valence electrons. The molecule has 4 aromatic heterocycles. The van der Waals surface area contributed by atoms with Gasteiger partial charge in [-0.3, -0.25) is 4.68 Å². The third-order valence-electron chi connectivity index (χ3n) is 5.19. The summed E-state index contributed by atoms with van der Waals surface area (Å²) in [6, 6.07) is 6.67. The van der Waals surface area contributed by atoms with Gasteiger partial charge in [0.05, 0.1) is 12.3 Å². The third kappa shape index (κ3) is 2.61. The Morgan fingerprint density at radius 2 is 2.15 bits per heavy atom. The zero-order valence-corrected chi connectivity index (χ0v) is 15.7. The Morgan fingerprint density at radius 3 is 2.92 bits per heavy atom. The number of aromatic nitrogens is 4. The molecule has 0 aromatic carbocycles. The second-order valence-electron chi connectivity index (χ2n) is 7.03. The molecule has 4 heterocycles. The highest BCUT2D eigenvalue weighted by atomic mass is 32.1. The zero-order valence-electron chi connectivity index (χ0n) is 14.9. The van der Waals surface area contributed by atoms with Crippen LogP contribution in [0, 0.1) is 0 Å². The van der Waals surface area contributed by atoms with Gasteiger partial charge in [-0.15, -0.1) is 11.3 Å². The molecule has 0 aliphatic heterocycles. The maximum atomic E-state index is 5.33. The van der Waals surface area contributed by atoms with Crippen LogP contribution in [0.3, 0.4) is 0 Å². The lowest BCUT2D eigenvalue weighted by Crippen LogP contribution is -2.09. The highest BCUT2D eigenvalue weighted by molar-refractivity contribution is 7.18. The van der Waals surface area contributed by atoms with Crippen molar-refractivity contribution in [2.45, 2.75) is 31.8 Å². The Morgan fingerprint density at radius 1 is 1.27 bits per heavy atom. The molecule has 0 saturated heterocycles. The number of pyridine rings is 2. The lowest BCUT2D eigenvalue weighted by molar-refractivity contribution is 0.187. The molecule has 0 N–H and O–H groups in total. The average Bonchev–Trinajstić information content (AvgIpc) is 3.14. The van der Waals surface area contributed by atoms with Gasteiger partial charge in [0.2, 0.25) is 0 Å². The molecule has 26 heavy (non-hydrogen) atoms. The Labute approximate surface area is 155 Å². The smallest absolute Gasteiger partial charge is 0.181 e. The largest absolute Gasteiger partial charge is 0.379 e. The molecule has 1 aliphatic carbocycles. The highest BCUT2D eigenvalue weighted by Crippen LogP contribution is 2.42. The van der Waals surface area contributed by atoms with Crippen molar-refractivity contribution in [3.63, 3.8) is 0 Å². The molecular weight excluding hydrogens is 344 g/mol. The highest BCUT2D eigenvalue weighted by Gasteiger charge is 2.24. The van der Waals surface area contributed by atoms with Gasteiger partial charge in [-0.2, -0.15) is 5.10 Å². The second kappa shape index (κ2) is 6.14. The summed E-state index contributed by atoms with van der Waals surface area (Å²) in [7, 11) is 3.66. The summed E-state index contributed by atoms with van der Waals surface area (Å²) in [5.74, 6) is 0.652. The van der Waals surface area contributed by atoms with Crippen molar-refractivity contribution in [2.24, 2.45) is 7.05 Å². The van der Waals surface area contributed by atoms with Crippen LogP contribution in [0.2, 0.25) is 0 Å².